The monoisotopic (exact) mass is 311 g/mol. The Hall–Kier alpha value is -2.08. The summed E-state index contributed by atoms with van der Waals surface area (Å²) in [5.41, 5.74) is 1.44. The number of carboxylic acid groups (broad SMARTS) is 2. The largest absolute Gasteiger partial charge is 0.492 e. The first-order valence-electron chi connectivity index (χ1n) is 7.09. The van der Waals surface area contributed by atoms with E-state index in [0.29, 0.717) is 6.61 Å². The van der Waals surface area contributed by atoms with Gasteiger partial charge in [-0.3, -0.25) is 0 Å². The second-order valence-corrected chi connectivity index (χ2v) is 5.60. The minimum atomic E-state index is -1.82. The molecule has 0 aromatic heterocycles. The zero-order valence-electron chi connectivity index (χ0n) is 13.5. The predicted molar refractivity (Wildman–Crippen MR) is 84.3 cm³/mol. The van der Waals surface area contributed by atoms with Crippen molar-refractivity contribution < 1.29 is 24.5 Å². The van der Waals surface area contributed by atoms with Crippen molar-refractivity contribution >= 4 is 11.9 Å². The molecule has 0 radical (unpaired) electrons. The number of aliphatic carboxylic acids is 2. The normalized spacial score (nSPS) is 10.4. The number of ether oxygens (including phenoxy) is 1. The lowest BCUT2D eigenvalue weighted by Crippen LogP contribution is -2.38. The molecule has 0 aliphatic carbocycles. The van der Waals surface area contributed by atoms with Crippen molar-refractivity contribution in [3.63, 3.8) is 0 Å². The highest BCUT2D eigenvalue weighted by molar-refractivity contribution is 6.27. The molecule has 0 atom stereocenters. The fourth-order valence-corrected chi connectivity index (χ4v) is 1.52. The Bertz CT molecular complexity index is 468. The Morgan fingerprint density at radius 1 is 1.14 bits per heavy atom. The summed E-state index contributed by atoms with van der Waals surface area (Å²) in [6, 6.07) is 8.23. The quantitative estimate of drug-likeness (QED) is 0.570. The molecule has 0 heterocycles. The summed E-state index contributed by atoms with van der Waals surface area (Å²) in [5, 5.41) is 18.2. The third-order valence-corrected chi connectivity index (χ3v) is 2.55. The van der Waals surface area contributed by atoms with Gasteiger partial charge in [0.15, 0.2) is 0 Å². The van der Waals surface area contributed by atoms with Crippen LogP contribution < -0.4 is 10.1 Å². The first kappa shape index (κ1) is 19.9. The molecule has 0 bridgehead atoms. The summed E-state index contributed by atoms with van der Waals surface area (Å²) in [5.74, 6) is -2.63. The van der Waals surface area contributed by atoms with Crippen molar-refractivity contribution in [2.75, 3.05) is 13.2 Å². The van der Waals surface area contributed by atoms with E-state index < -0.39 is 11.9 Å². The van der Waals surface area contributed by atoms with E-state index in [1.807, 2.05) is 12.1 Å². The number of hydrogen-bond donors (Lipinski definition) is 3. The average molecular weight is 311 g/mol. The fourth-order valence-electron chi connectivity index (χ4n) is 1.52. The van der Waals surface area contributed by atoms with E-state index >= 15 is 0 Å². The summed E-state index contributed by atoms with van der Waals surface area (Å²) in [7, 11) is 0. The van der Waals surface area contributed by atoms with Gasteiger partial charge in [-0.1, -0.05) is 25.1 Å². The first-order chi connectivity index (χ1) is 10.2. The van der Waals surface area contributed by atoms with Crippen LogP contribution in [0.3, 0.4) is 0 Å². The molecule has 0 amide bonds. The Morgan fingerprint density at radius 3 is 2.14 bits per heavy atom. The van der Waals surface area contributed by atoms with E-state index in [0.717, 1.165) is 18.7 Å². The van der Waals surface area contributed by atoms with Gasteiger partial charge in [0.05, 0.1) is 0 Å². The molecule has 1 rings (SSSR count). The third-order valence-electron chi connectivity index (χ3n) is 2.55. The SMILES string of the molecule is CCc1ccccc1OCCNC(C)(C)C.O=C(O)C(=O)O. The van der Waals surface area contributed by atoms with E-state index in [4.69, 9.17) is 24.5 Å². The van der Waals surface area contributed by atoms with Gasteiger partial charge in [-0.2, -0.15) is 0 Å². The number of rotatable bonds is 5. The van der Waals surface area contributed by atoms with E-state index in [-0.39, 0.29) is 5.54 Å². The lowest BCUT2D eigenvalue weighted by Gasteiger charge is -2.20. The molecule has 0 aliphatic heterocycles. The summed E-state index contributed by atoms with van der Waals surface area (Å²) < 4.78 is 5.76. The lowest BCUT2D eigenvalue weighted by molar-refractivity contribution is -0.159. The number of para-hydroxylation sites is 1. The van der Waals surface area contributed by atoms with Crippen molar-refractivity contribution in [3.05, 3.63) is 29.8 Å². The Kier molecular flexibility index (Phi) is 8.86. The van der Waals surface area contributed by atoms with E-state index in [1.165, 1.54) is 5.56 Å². The minimum Gasteiger partial charge on any atom is -0.492 e. The van der Waals surface area contributed by atoms with Crippen LogP contribution in [0.25, 0.3) is 0 Å². The summed E-state index contributed by atoms with van der Waals surface area (Å²) in [6.07, 6.45) is 1.02. The maximum atomic E-state index is 9.10. The van der Waals surface area contributed by atoms with Gasteiger partial charge in [0, 0.05) is 12.1 Å². The number of aryl methyl sites for hydroxylation is 1. The van der Waals surface area contributed by atoms with Gasteiger partial charge in [0.1, 0.15) is 12.4 Å². The van der Waals surface area contributed by atoms with Gasteiger partial charge < -0.3 is 20.3 Å². The van der Waals surface area contributed by atoms with Crippen LogP contribution >= 0.6 is 0 Å². The second-order valence-electron chi connectivity index (χ2n) is 5.60. The highest BCUT2D eigenvalue weighted by Crippen LogP contribution is 2.17. The van der Waals surface area contributed by atoms with Crippen molar-refractivity contribution in [2.24, 2.45) is 0 Å². The van der Waals surface area contributed by atoms with Crippen LogP contribution in [0.15, 0.2) is 24.3 Å². The summed E-state index contributed by atoms with van der Waals surface area (Å²) in [6.45, 7) is 10.2. The smallest absolute Gasteiger partial charge is 0.414 e. The van der Waals surface area contributed by atoms with E-state index in [9.17, 15) is 0 Å². The van der Waals surface area contributed by atoms with Crippen LogP contribution in [0.1, 0.15) is 33.3 Å². The first-order valence-corrected chi connectivity index (χ1v) is 7.09. The van der Waals surface area contributed by atoms with E-state index in [1.54, 1.807) is 0 Å². The third kappa shape index (κ3) is 9.77. The average Bonchev–Trinajstić information content (AvgIpc) is 2.43. The molecular formula is C16H25NO5. The van der Waals surface area contributed by atoms with Crippen molar-refractivity contribution in [2.45, 2.75) is 39.7 Å². The molecule has 0 aliphatic rings. The molecule has 6 nitrogen and oxygen atoms in total. The molecule has 0 unspecified atom stereocenters. The molecule has 124 valence electrons. The highest BCUT2D eigenvalue weighted by atomic mass is 16.5. The minimum absolute atomic E-state index is 0.160. The molecule has 1 aromatic rings. The molecule has 0 saturated carbocycles. The Morgan fingerprint density at radius 2 is 1.68 bits per heavy atom. The molecule has 0 saturated heterocycles. The van der Waals surface area contributed by atoms with Gasteiger partial charge in [-0.15, -0.1) is 0 Å². The predicted octanol–water partition coefficient (Wildman–Crippen LogP) is 2.17. The van der Waals surface area contributed by atoms with Gasteiger partial charge in [-0.05, 0) is 38.8 Å². The maximum absolute atomic E-state index is 9.10. The number of carboxylic acids is 2. The zero-order valence-corrected chi connectivity index (χ0v) is 13.5. The van der Waals surface area contributed by atoms with Gasteiger partial charge in [0.2, 0.25) is 0 Å². The number of carbonyl (C=O) groups is 2. The van der Waals surface area contributed by atoms with E-state index in [2.05, 4.69) is 45.1 Å². The van der Waals surface area contributed by atoms with Crippen LogP contribution in [0.4, 0.5) is 0 Å². The highest BCUT2D eigenvalue weighted by Gasteiger charge is 2.08. The lowest BCUT2D eigenvalue weighted by atomic mass is 10.1. The molecular weight excluding hydrogens is 286 g/mol. The van der Waals surface area contributed by atoms with Crippen molar-refractivity contribution in [1.82, 2.24) is 5.32 Å². The fraction of sp³-hybridized carbons (Fsp3) is 0.500. The molecule has 6 heteroatoms. The van der Waals surface area contributed by atoms with Gasteiger partial charge >= 0.3 is 11.9 Å². The molecule has 22 heavy (non-hydrogen) atoms. The molecule has 0 spiro atoms. The molecule has 0 fully saturated rings. The molecule has 1 aromatic carbocycles. The number of benzene rings is 1. The Balaban J connectivity index is 0.000000626. The van der Waals surface area contributed by atoms with Crippen molar-refractivity contribution in [1.29, 1.82) is 0 Å². The molecule has 3 N–H and O–H groups in total. The summed E-state index contributed by atoms with van der Waals surface area (Å²) in [4.78, 5) is 18.2. The van der Waals surface area contributed by atoms with Crippen molar-refractivity contribution in [3.8, 4) is 5.75 Å². The maximum Gasteiger partial charge on any atom is 0.414 e. The summed E-state index contributed by atoms with van der Waals surface area (Å²) >= 11 is 0. The van der Waals surface area contributed by atoms with Crippen LogP contribution in [0.5, 0.6) is 5.75 Å². The van der Waals surface area contributed by atoms with Gasteiger partial charge in [0.25, 0.3) is 0 Å². The van der Waals surface area contributed by atoms with Crippen LogP contribution in [0.2, 0.25) is 0 Å². The van der Waals surface area contributed by atoms with Gasteiger partial charge in [-0.25, -0.2) is 9.59 Å². The topological polar surface area (TPSA) is 95.9 Å². The second kappa shape index (κ2) is 9.78. The van der Waals surface area contributed by atoms with Crippen LogP contribution in [-0.4, -0.2) is 40.8 Å². The van der Waals surface area contributed by atoms with Crippen LogP contribution in [0, 0.1) is 0 Å². The Labute approximate surface area is 131 Å². The number of hydrogen-bond acceptors (Lipinski definition) is 4. The van der Waals surface area contributed by atoms with Crippen LogP contribution in [-0.2, 0) is 16.0 Å². The zero-order chi connectivity index (χ0) is 17.2. The number of nitrogens with one attached hydrogen (secondary N) is 1. The standard InChI is InChI=1S/C14H23NO.C2H2O4/c1-5-12-8-6-7-9-13(12)16-11-10-15-14(2,3)4;3-1(4)2(5)6/h6-9,15H,5,10-11H2,1-4H3;(H,3,4)(H,5,6).